The molecule has 0 aliphatic rings. The first-order valence-electron chi connectivity index (χ1n) is 5.75. The number of nitrogens with one attached hydrogen (secondary N) is 1. The van der Waals surface area contributed by atoms with E-state index in [0.717, 1.165) is 22.5 Å². The Morgan fingerprint density at radius 3 is 2.56 bits per heavy atom. The highest BCUT2D eigenvalue weighted by molar-refractivity contribution is 5.98. The molecular weight excluding hydrogens is 228 g/mol. The smallest absolute Gasteiger partial charge is 0.163 e. The molecule has 0 aliphatic heterocycles. The van der Waals surface area contributed by atoms with Crippen molar-refractivity contribution in [2.75, 3.05) is 7.11 Å². The van der Waals surface area contributed by atoms with Crippen molar-refractivity contribution in [3.63, 3.8) is 0 Å². The van der Waals surface area contributed by atoms with Gasteiger partial charge in [0.25, 0.3) is 0 Å². The van der Waals surface area contributed by atoms with Crippen molar-refractivity contribution >= 4 is 5.78 Å². The van der Waals surface area contributed by atoms with Crippen molar-refractivity contribution in [3.05, 3.63) is 35.2 Å². The van der Waals surface area contributed by atoms with E-state index in [-0.39, 0.29) is 5.78 Å². The molecule has 4 nitrogen and oxygen atoms in total. The lowest BCUT2D eigenvalue weighted by atomic mass is 9.99. The van der Waals surface area contributed by atoms with Crippen LogP contribution in [0.3, 0.4) is 0 Å². The minimum absolute atomic E-state index is 0.00694. The number of ketones is 1. The molecule has 0 spiro atoms. The molecule has 0 atom stereocenters. The minimum atomic E-state index is -0.00694. The van der Waals surface area contributed by atoms with Crippen LogP contribution in [0, 0.1) is 13.8 Å². The van der Waals surface area contributed by atoms with E-state index in [2.05, 4.69) is 10.2 Å². The number of aryl methyl sites for hydroxylation is 2. The first-order valence-corrected chi connectivity index (χ1v) is 5.75. The van der Waals surface area contributed by atoms with Crippen LogP contribution in [0.1, 0.15) is 28.7 Å². The molecule has 0 fully saturated rings. The molecule has 1 N–H and O–H groups in total. The summed E-state index contributed by atoms with van der Waals surface area (Å²) in [6.45, 7) is 5.44. The number of methoxy groups -OCH3 is 1. The predicted octanol–water partition coefficient (Wildman–Crippen LogP) is 2.90. The molecule has 1 aromatic carbocycles. The number of hydrogen-bond donors (Lipinski definition) is 1. The molecule has 0 amide bonds. The number of H-pyrrole nitrogens is 1. The Bertz CT molecular complexity index is 580. The van der Waals surface area contributed by atoms with E-state index in [9.17, 15) is 4.79 Å². The SMILES string of the molecule is COc1ccc(-c2c(C)n[nH]c2C)cc1C(C)=O. The molecule has 2 rings (SSSR count). The van der Waals surface area contributed by atoms with Crippen molar-refractivity contribution < 1.29 is 9.53 Å². The van der Waals surface area contributed by atoms with Gasteiger partial charge in [0, 0.05) is 11.3 Å². The summed E-state index contributed by atoms with van der Waals surface area (Å²) < 4.78 is 5.20. The van der Waals surface area contributed by atoms with E-state index in [0.29, 0.717) is 11.3 Å². The number of benzene rings is 1. The first-order chi connectivity index (χ1) is 8.54. The predicted molar refractivity (Wildman–Crippen MR) is 70.1 cm³/mol. The molecule has 0 unspecified atom stereocenters. The second-order valence-corrected chi connectivity index (χ2v) is 4.28. The van der Waals surface area contributed by atoms with Crippen LogP contribution in [-0.4, -0.2) is 23.1 Å². The average molecular weight is 244 g/mol. The second-order valence-electron chi connectivity index (χ2n) is 4.28. The van der Waals surface area contributed by atoms with E-state index in [1.54, 1.807) is 7.11 Å². The summed E-state index contributed by atoms with van der Waals surface area (Å²) in [6, 6.07) is 5.61. The largest absolute Gasteiger partial charge is 0.496 e. The molecule has 4 heteroatoms. The highest BCUT2D eigenvalue weighted by atomic mass is 16.5. The topological polar surface area (TPSA) is 55.0 Å². The van der Waals surface area contributed by atoms with Gasteiger partial charge in [-0.3, -0.25) is 9.89 Å². The number of hydrogen-bond acceptors (Lipinski definition) is 3. The Balaban J connectivity index is 2.61. The number of ether oxygens (including phenoxy) is 1. The summed E-state index contributed by atoms with van der Waals surface area (Å²) >= 11 is 0. The number of carbonyl (C=O) groups is 1. The number of nitrogens with zero attached hydrogens (tertiary/aromatic N) is 1. The Morgan fingerprint density at radius 1 is 1.33 bits per heavy atom. The third kappa shape index (κ3) is 2.01. The van der Waals surface area contributed by atoms with Crippen LogP contribution in [0.25, 0.3) is 11.1 Å². The van der Waals surface area contributed by atoms with Crippen LogP contribution >= 0.6 is 0 Å². The zero-order valence-corrected chi connectivity index (χ0v) is 11.0. The van der Waals surface area contributed by atoms with Gasteiger partial charge in [-0.15, -0.1) is 0 Å². The van der Waals surface area contributed by atoms with E-state index in [1.165, 1.54) is 6.92 Å². The van der Waals surface area contributed by atoms with E-state index >= 15 is 0 Å². The molecule has 0 saturated carbocycles. The van der Waals surface area contributed by atoms with Gasteiger partial charge in [0.1, 0.15) is 5.75 Å². The van der Waals surface area contributed by atoms with Gasteiger partial charge < -0.3 is 4.74 Å². The fraction of sp³-hybridized carbons (Fsp3) is 0.286. The molecule has 94 valence electrons. The summed E-state index contributed by atoms with van der Waals surface area (Å²) in [5, 5.41) is 7.11. The Labute approximate surface area is 106 Å². The molecule has 0 radical (unpaired) electrons. The van der Waals surface area contributed by atoms with E-state index in [1.807, 2.05) is 32.0 Å². The van der Waals surface area contributed by atoms with Gasteiger partial charge in [-0.2, -0.15) is 5.10 Å². The Morgan fingerprint density at radius 2 is 2.06 bits per heavy atom. The maximum Gasteiger partial charge on any atom is 0.163 e. The van der Waals surface area contributed by atoms with Gasteiger partial charge in [-0.1, -0.05) is 6.07 Å². The van der Waals surface area contributed by atoms with Crippen LogP contribution < -0.4 is 4.74 Å². The second kappa shape index (κ2) is 4.64. The third-order valence-electron chi connectivity index (χ3n) is 3.00. The number of Topliss-reactive ketones (excluding diaryl/α,β-unsaturated/α-hetero) is 1. The molecular formula is C14H16N2O2. The number of aromatic amines is 1. The van der Waals surface area contributed by atoms with Crippen LogP contribution in [0.4, 0.5) is 0 Å². The van der Waals surface area contributed by atoms with Crippen LogP contribution in [-0.2, 0) is 0 Å². The highest BCUT2D eigenvalue weighted by Crippen LogP contribution is 2.30. The van der Waals surface area contributed by atoms with Crippen molar-refractivity contribution in [2.45, 2.75) is 20.8 Å². The van der Waals surface area contributed by atoms with E-state index < -0.39 is 0 Å². The van der Waals surface area contributed by atoms with Crippen molar-refractivity contribution in [1.82, 2.24) is 10.2 Å². The highest BCUT2D eigenvalue weighted by Gasteiger charge is 2.13. The lowest BCUT2D eigenvalue weighted by molar-refractivity contribution is 0.101. The average Bonchev–Trinajstić information content (AvgIpc) is 2.68. The zero-order valence-electron chi connectivity index (χ0n) is 11.0. The van der Waals surface area contributed by atoms with Gasteiger partial charge in [-0.25, -0.2) is 0 Å². The fourth-order valence-electron chi connectivity index (χ4n) is 2.11. The summed E-state index contributed by atoms with van der Waals surface area (Å²) in [5.41, 5.74) is 4.53. The van der Waals surface area contributed by atoms with Crippen molar-refractivity contribution in [2.24, 2.45) is 0 Å². The number of aromatic nitrogens is 2. The zero-order chi connectivity index (χ0) is 13.3. The number of carbonyl (C=O) groups excluding carboxylic acids is 1. The maximum atomic E-state index is 11.6. The summed E-state index contributed by atoms with van der Waals surface area (Å²) in [5.74, 6) is 0.595. The maximum absolute atomic E-state index is 11.6. The summed E-state index contributed by atoms with van der Waals surface area (Å²) in [4.78, 5) is 11.6. The van der Waals surface area contributed by atoms with Crippen molar-refractivity contribution in [1.29, 1.82) is 0 Å². The molecule has 1 heterocycles. The van der Waals surface area contributed by atoms with Crippen LogP contribution in [0.2, 0.25) is 0 Å². The van der Waals surface area contributed by atoms with Gasteiger partial charge in [0.2, 0.25) is 0 Å². The normalized spacial score (nSPS) is 10.4. The van der Waals surface area contributed by atoms with E-state index in [4.69, 9.17) is 4.74 Å². The fourth-order valence-corrected chi connectivity index (χ4v) is 2.11. The molecule has 2 aromatic rings. The quantitative estimate of drug-likeness (QED) is 0.844. The molecule has 0 saturated heterocycles. The summed E-state index contributed by atoms with van der Waals surface area (Å²) in [6.07, 6.45) is 0. The van der Waals surface area contributed by atoms with Gasteiger partial charge in [0.05, 0.1) is 18.4 Å². The molecule has 0 aliphatic carbocycles. The third-order valence-corrected chi connectivity index (χ3v) is 3.00. The Kier molecular flexibility index (Phi) is 3.19. The Hall–Kier alpha value is -2.10. The summed E-state index contributed by atoms with van der Waals surface area (Å²) in [7, 11) is 1.57. The van der Waals surface area contributed by atoms with Crippen LogP contribution in [0.15, 0.2) is 18.2 Å². The van der Waals surface area contributed by atoms with Gasteiger partial charge in [-0.05, 0) is 38.5 Å². The number of rotatable bonds is 3. The van der Waals surface area contributed by atoms with Gasteiger partial charge in [0.15, 0.2) is 5.78 Å². The lowest BCUT2D eigenvalue weighted by Crippen LogP contribution is -1.98. The lowest BCUT2D eigenvalue weighted by Gasteiger charge is -2.08. The molecule has 1 aromatic heterocycles. The standard InChI is InChI=1S/C14H16N2O2/c1-8-14(9(2)16-15-8)11-5-6-13(18-4)12(7-11)10(3)17/h5-7H,1-4H3,(H,15,16). The minimum Gasteiger partial charge on any atom is -0.496 e. The van der Waals surface area contributed by atoms with Gasteiger partial charge >= 0.3 is 0 Å². The monoisotopic (exact) mass is 244 g/mol. The molecule has 18 heavy (non-hydrogen) atoms. The molecule has 0 bridgehead atoms. The van der Waals surface area contributed by atoms with Crippen molar-refractivity contribution in [3.8, 4) is 16.9 Å². The van der Waals surface area contributed by atoms with Crippen LogP contribution in [0.5, 0.6) is 5.75 Å². The first kappa shape index (κ1) is 12.4.